The Labute approximate surface area is 128 Å². The summed E-state index contributed by atoms with van der Waals surface area (Å²) in [4.78, 5) is 2.50. The molecular weight excluding hydrogens is 263 g/mol. The Hall–Kier alpha value is -1.09. The first-order valence-corrected chi connectivity index (χ1v) is 8.32. The van der Waals surface area contributed by atoms with Gasteiger partial charge in [0.15, 0.2) is 0 Å². The van der Waals surface area contributed by atoms with E-state index in [-0.39, 0.29) is 11.9 Å². The Morgan fingerprint density at radius 1 is 1.29 bits per heavy atom. The first-order valence-electron chi connectivity index (χ1n) is 8.32. The summed E-state index contributed by atoms with van der Waals surface area (Å²) in [6.07, 6.45) is 3.72. The third-order valence-corrected chi connectivity index (χ3v) is 4.21. The molecule has 0 aliphatic heterocycles. The van der Waals surface area contributed by atoms with Crippen LogP contribution in [0.15, 0.2) is 18.2 Å². The number of hydrogen-bond donors (Lipinski definition) is 1. The van der Waals surface area contributed by atoms with Crippen molar-refractivity contribution in [1.29, 1.82) is 0 Å². The topological polar surface area (TPSA) is 15.3 Å². The molecule has 1 unspecified atom stereocenters. The van der Waals surface area contributed by atoms with Crippen molar-refractivity contribution in [1.82, 2.24) is 5.32 Å². The van der Waals surface area contributed by atoms with Crippen LogP contribution < -0.4 is 10.2 Å². The lowest BCUT2D eigenvalue weighted by molar-refractivity contribution is 0.559. The summed E-state index contributed by atoms with van der Waals surface area (Å²) < 4.78 is 13.7. The SMILES string of the molecule is CCNC(C)c1cc(F)ccc1N(CCC(C)C)C1CC1. The molecule has 1 N–H and O–H groups in total. The molecule has 1 aromatic rings. The highest BCUT2D eigenvalue weighted by atomic mass is 19.1. The van der Waals surface area contributed by atoms with Crippen molar-refractivity contribution in [2.75, 3.05) is 18.0 Å². The number of nitrogens with one attached hydrogen (secondary N) is 1. The zero-order valence-electron chi connectivity index (χ0n) is 13.8. The van der Waals surface area contributed by atoms with Crippen molar-refractivity contribution in [3.63, 3.8) is 0 Å². The Kier molecular flexibility index (Phi) is 5.63. The molecule has 21 heavy (non-hydrogen) atoms. The lowest BCUT2D eigenvalue weighted by atomic mass is 10.0. The van der Waals surface area contributed by atoms with E-state index in [9.17, 15) is 4.39 Å². The second-order valence-corrected chi connectivity index (χ2v) is 6.59. The molecule has 0 bridgehead atoms. The largest absolute Gasteiger partial charge is 0.368 e. The van der Waals surface area contributed by atoms with E-state index >= 15 is 0 Å². The maximum atomic E-state index is 13.7. The van der Waals surface area contributed by atoms with Crippen LogP contribution in [0.4, 0.5) is 10.1 Å². The molecule has 0 spiro atoms. The minimum atomic E-state index is -0.141. The van der Waals surface area contributed by atoms with Crippen LogP contribution in [0.25, 0.3) is 0 Å². The van der Waals surface area contributed by atoms with Crippen LogP contribution in [0.3, 0.4) is 0 Å². The first kappa shape index (κ1) is 16.3. The third-order valence-electron chi connectivity index (χ3n) is 4.21. The Bertz CT molecular complexity index is 455. The minimum absolute atomic E-state index is 0.141. The molecule has 1 aromatic carbocycles. The predicted molar refractivity (Wildman–Crippen MR) is 88.3 cm³/mol. The summed E-state index contributed by atoms with van der Waals surface area (Å²) in [6, 6.07) is 6.11. The smallest absolute Gasteiger partial charge is 0.123 e. The second-order valence-electron chi connectivity index (χ2n) is 6.59. The molecule has 2 nitrogen and oxygen atoms in total. The predicted octanol–water partition coefficient (Wildman–Crippen LogP) is 4.51. The van der Waals surface area contributed by atoms with E-state index in [2.05, 4.69) is 37.9 Å². The monoisotopic (exact) mass is 292 g/mol. The standard InChI is InChI=1S/C18H29FN2/c1-5-20-14(4)17-12-15(19)6-9-18(17)21(16-7-8-16)11-10-13(2)3/h6,9,12-14,16,20H,5,7-8,10-11H2,1-4H3. The van der Waals surface area contributed by atoms with Gasteiger partial charge in [-0.2, -0.15) is 0 Å². The Morgan fingerprint density at radius 3 is 2.57 bits per heavy atom. The van der Waals surface area contributed by atoms with Gasteiger partial charge < -0.3 is 10.2 Å². The van der Waals surface area contributed by atoms with Gasteiger partial charge in [-0.05, 0) is 62.4 Å². The van der Waals surface area contributed by atoms with Crippen LogP contribution in [0.2, 0.25) is 0 Å². The van der Waals surface area contributed by atoms with Gasteiger partial charge in [0, 0.05) is 24.3 Å². The van der Waals surface area contributed by atoms with Gasteiger partial charge in [-0.1, -0.05) is 20.8 Å². The van der Waals surface area contributed by atoms with Crippen LogP contribution in [0.1, 0.15) is 58.6 Å². The molecule has 118 valence electrons. The number of rotatable bonds is 8. The zero-order valence-corrected chi connectivity index (χ0v) is 13.8. The van der Waals surface area contributed by atoms with E-state index in [4.69, 9.17) is 0 Å². The van der Waals surface area contributed by atoms with Crippen molar-refractivity contribution < 1.29 is 4.39 Å². The second kappa shape index (κ2) is 7.26. The first-order chi connectivity index (χ1) is 10.0. The maximum absolute atomic E-state index is 13.7. The van der Waals surface area contributed by atoms with E-state index in [0.29, 0.717) is 12.0 Å². The lowest BCUT2D eigenvalue weighted by Crippen LogP contribution is -2.30. The molecule has 0 radical (unpaired) electrons. The molecule has 1 saturated carbocycles. The quantitative estimate of drug-likeness (QED) is 0.758. The van der Waals surface area contributed by atoms with Gasteiger partial charge in [0.2, 0.25) is 0 Å². The average Bonchev–Trinajstić information content (AvgIpc) is 3.25. The normalized spacial score (nSPS) is 16.3. The Balaban J connectivity index is 2.26. The van der Waals surface area contributed by atoms with Crippen LogP contribution in [0, 0.1) is 11.7 Å². The lowest BCUT2D eigenvalue weighted by Gasteiger charge is -2.30. The Morgan fingerprint density at radius 2 is 2.00 bits per heavy atom. The summed E-state index contributed by atoms with van der Waals surface area (Å²) in [5.41, 5.74) is 2.31. The van der Waals surface area contributed by atoms with Crippen molar-refractivity contribution in [2.24, 2.45) is 5.92 Å². The number of benzene rings is 1. The van der Waals surface area contributed by atoms with Gasteiger partial charge in [0.25, 0.3) is 0 Å². The molecule has 0 amide bonds. The van der Waals surface area contributed by atoms with E-state index in [0.717, 1.165) is 18.7 Å². The molecule has 0 aromatic heterocycles. The summed E-state index contributed by atoms with van der Waals surface area (Å²) >= 11 is 0. The number of nitrogens with zero attached hydrogens (tertiary/aromatic N) is 1. The fourth-order valence-corrected chi connectivity index (χ4v) is 2.83. The van der Waals surface area contributed by atoms with Gasteiger partial charge in [0.05, 0.1) is 0 Å². The molecular formula is C18H29FN2. The van der Waals surface area contributed by atoms with E-state index < -0.39 is 0 Å². The highest BCUT2D eigenvalue weighted by molar-refractivity contribution is 5.56. The number of hydrogen-bond acceptors (Lipinski definition) is 2. The van der Waals surface area contributed by atoms with Crippen molar-refractivity contribution in [3.8, 4) is 0 Å². The van der Waals surface area contributed by atoms with Crippen LogP contribution in [-0.4, -0.2) is 19.1 Å². The van der Waals surface area contributed by atoms with Gasteiger partial charge in [-0.15, -0.1) is 0 Å². The minimum Gasteiger partial charge on any atom is -0.368 e. The molecule has 1 atom stereocenters. The van der Waals surface area contributed by atoms with Gasteiger partial charge in [-0.3, -0.25) is 0 Å². The van der Waals surface area contributed by atoms with Gasteiger partial charge >= 0.3 is 0 Å². The summed E-state index contributed by atoms with van der Waals surface area (Å²) in [6.45, 7) is 10.7. The number of anilines is 1. The maximum Gasteiger partial charge on any atom is 0.123 e. The fraction of sp³-hybridized carbons (Fsp3) is 0.667. The summed E-state index contributed by atoms with van der Waals surface area (Å²) in [7, 11) is 0. The van der Waals surface area contributed by atoms with Gasteiger partial charge in [-0.25, -0.2) is 4.39 Å². The van der Waals surface area contributed by atoms with Crippen molar-refractivity contribution >= 4 is 5.69 Å². The highest BCUT2D eigenvalue weighted by Crippen LogP contribution is 2.36. The fourth-order valence-electron chi connectivity index (χ4n) is 2.83. The average molecular weight is 292 g/mol. The van der Waals surface area contributed by atoms with Crippen molar-refractivity contribution in [3.05, 3.63) is 29.6 Å². The molecule has 0 saturated heterocycles. The molecule has 1 aliphatic carbocycles. The van der Waals surface area contributed by atoms with E-state index in [1.165, 1.54) is 24.9 Å². The molecule has 2 rings (SSSR count). The van der Waals surface area contributed by atoms with Crippen LogP contribution in [0.5, 0.6) is 0 Å². The highest BCUT2D eigenvalue weighted by Gasteiger charge is 2.31. The molecule has 0 heterocycles. The zero-order chi connectivity index (χ0) is 15.4. The van der Waals surface area contributed by atoms with E-state index in [1.807, 2.05) is 6.07 Å². The molecule has 3 heteroatoms. The third kappa shape index (κ3) is 4.44. The number of halogens is 1. The van der Waals surface area contributed by atoms with E-state index in [1.54, 1.807) is 12.1 Å². The van der Waals surface area contributed by atoms with Crippen molar-refractivity contribution in [2.45, 2.75) is 59.0 Å². The molecule has 1 aliphatic rings. The summed E-state index contributed by atoms with van der Waals surface area (Å²) in [5, 5.41) is 3.42. The molecule has 1 fully saturated rings. The van der Waals surface area contributed by atoms with Crippen LogP contribution in [-0.2, 0) is 0 Å². The summed E-state index contributed by atoms with van der Waals surface area (Å²) in [5.74, 6) is 0.555. The van der Waals surface area contributed by atoms with Crippen LogP contribution >= 0.6 is 0 Å². The van der Waals surface area contributed by atoms with Gasteiger partial charge in [0.1, 0.15) is 5.82 Å².